The van der Waals surface area contributed by atoms with E-state index in [-0.39, 0.29) is 18.4 Å². The standard InChI is InChI=1S/C11H22N2O3/c1-3-10(5-7-14)8-13-11(16)4-6-12-9(2)15/h10,14H,3-8H2,1-2H3,(H,12,15)(H,13,16). The van der Waals surface area contributed by atoms with Crippen LogP contribution in [0, 0.1) is 5.92 Å². The number of rotatable bonds is 8. The predicted octanol–water partition coefficient (Wildman–Crippen LogP) is 0.0374. The van der Waals surface area contributed by atoms with Gasteiger partial charge in [0.2, 0.25) is 11.8 Å². The molecule has 0 radical (unpaired) electrons. The molecule has 0 fully saturated rings. The van der Waals surface area contributed by atoms with E-state index in [1.54, 1.807) is 0 Å². The summed E-state index contributed by atoms with van der Waals surface area (Å²) in [5.74, 6) is 0.138. The van der Waals surface area contributed by atoms with Crippen molar-refractivity contribution in [3.05, 3.63) is 0 Å². The summed E-state index contributed by atoms with van der Waals surface area (Å²) in [6.45, 7) is 4.57. The number of aliphatic hydroxyl groups is 1. The van der Waals surface area contributed by atoms with E-state index < -0.39 is 0 Å². The number of nitrogens with one attached hydrogen (secondary N) is 2. The molecule has 0 aliphatic rings. The fourth-order valence-electron chi connectivity index (χ4n) is 1.33. The molecular weight excluding hydrogens is 208 g/mol. The minimum atomic E-state index is -0.125. The smallest absolute Gasteiger partial charge is 0.221 e. The van der Waals surface area contributed by atoms with Crippen LogP contribution >= 0.6 is 0 Å². The van der Waals surface area contributed by atoms with E-state index in [4.69, 9.17) is 5.11 Å². The molecule has 0 saturated carbocycles. The van der Waals surface area contributed by atoms with Crippen LogP contribution in [0.15, 0.2) is 0 Å². The lowest BCUT2D eigenvalue weighted by Crippen LogP contribution is -2.32. The Morgan fingerprint density at radius 3 is 2.50 bits per heavy atom. The van der Waals surface area contributed by atoms with Crippen LogP contribution in [0.3, 0.4) is 0 Å². The van der Waals surface area contributed by atoms with Crippen LogP contribution in [0.2, 0.25) is 0 Å². The molecule has 0 aliphatic carbocycles. The molecular formula is C11H22N2O3. The fraction of sp³-hybridized carbons (Fsp3) is 0.818. The number of hydrogen-bond acceptors (Lipinski definition) is 3. The Kier molecular flexibility index (Phi) is 8.52. The summed E-state index contributed by atoms with van der Waals surface area (Å²) in [7, 11) is 0. The molecule has 0 saturated heterocycles. The molecule has 0 aromatic carbocycles. The normalized spacial score (nSPS) is 11.9. The van der Waals surface area contributed by atoms with E-state index in [1.807, 2.05) is 6.92 Å². The van der Waals surface area contributed by atoms with Gasteiger partial charge in [-0.05, 0) is 12.3 Å². The average Bonchev–Trinajstić information content (AvgIpc) is 2.23. The second-order valence-corrected chi connectivity index (χ2v) is 3.82. The molecule has 1 unspecified atom stereocenters. The van der Waals surface area contributed by atoms with Crippen molar-refractivity contribution < 1.29 is 14.7 Å². The van der Waals surface area contributed by atoms with Crippen LogP contribution in [-0.4, -0.2) is 36.6 Å². The Bertz CT molecular complexity index is 219. The lowest BCUT2D eigenvalue weighted by atomic mass is 10.0. The molecule has 94 valence electrons. The van der Waals surface area contributed by atoms with E-state index in [9.17, 15) is 9.59 Å². The molecule has 1 atom stereocenters. The quantitative estimate of drug-likeness (QED) is 0.551. The number of hydrogen-bond donors (Lipinski definition) is 3. The Labute approximate surface area is 96.6 Å². The molecule has 2 amide bonds. The maximum absolute atomic E-state index is 11.3. The van der Waals surface area contributed by atoms with E-state index in [1.165, 1.54) is 6.92 Å². The van der Waals surface area contributed by atoms with Gasteiger partial charge in [-0.25, -0.2) is 0 Å². The van der Waals surface area contributed by atoms with Crippen molar-refractivity contribution in [2.24, 2.45) is 5.92 Å². The van der Waals surface area contributed by atoms with Gasteiger partial charge in [-0.15, -0.1) is 0 Å². The molecule has 0 heterocycles. The summed E-state index contributed by atoms with van der Waals surface area (Å²) in [5, 5.41) is 14.1. The molecule has 0 rings (SSSR count). The van der Waals surface area contributed by atoms with Crippen LogP contribution in [0.5, 0.6) is 0 Å². The number of carbonyl (C=O) groups is 2. The van der Waals surface area contributed by atoms with Gasteiger partial charge in [0.25, 0.3) is 0 Å². The van der Waals surface area contributed by atoms with Crippen LogP contribution in [0.4, 0.5) is 0 Å². The molecule has 0 aromatic rings. The third-order valence-corrected chi connectivity index (χ3v) is 2.43. The van der Waals surface area contributed by atoms with Gasteiger partial charge < -0.3 is 15.7 Å². The summed E-state index contributed by atoms with van der Waals surface area (Å²) >= 11 is 0. The maximum atomic E-state index is 11.3. The van der Waals surface area contributed by atoms with Crippen molar-refractivity contribution in [1.29, 1.82) is 0 Å². The van der Waals surface area contributed by atoms with E-state index in [0.717, 1.165) is 6.42 Å². The van der Waals surface area contributed by atoms with Gasteiger partial charge in [0.1, 0.15) is 0 Å². The van der Waals surface area contributed by atoms with Gasteiger partial charge in [-0.3, -0.25) is 9.59 Å². The van der Waals surface area contributed by atoms with Crippen LogP contribution in [-0.2, 0) is 9.59 Å². The summed E-state index contributed by atoms with van der Waals surface area (Å²) in [4.78, 5) is 21.9. The topological polar surface area (TPSA) is 78.4 Å². The minimum Gasteiger partial charge on any atom is -0.396 e. The predicted molar refractivity (Wildman–Crippen MR) is 61.8 cm³/mol. The summed E-state index contributed by atoms with van der Waals surface area (Å²) in [5.41, 5.74) is 0. The lowest BCUT2D eigenvalue weighted by molar-refractivity contribution is -0.121. The minimum absolute atomic E-state index is 0.0647. The van der Waals surface area contributed by atoms with Gasteiger partial charge in [0.15, 0.2) is 0 Å². The molecule has 16 heavy (non-hydrogen) atoms. The van der Waals surface area contributed by atoms with E-state index in [2.05, 4.69) is 10.6 Å². The van der Waals surface area contributed by atoms with Gasteiger partial charge in [0, 0.05) is 33.0 Å². The fourth-order valence-corrected chi connectivity index (χ4v) is 1.33. The highest BCUT2D eigenvalue weighted by atomic mass is 16.3. The van der Waals surface area contributed by atoms with Crippen LogP contribution in [0.1, 0.15) is 33.1 Å². The molecule has 0 spiro atoms. The first-order valence-corrected chi connectivity index (χ1v) is 5.72. The molecule has 0 aromatic heterocycles. The first-order valence-electron chi connectivity index (χ1n) is 5.72. The second kappa shape index (κ2) is 9.15. The van der Waals surface area contributed by atoms with Gasteiger partial charge in [-0.1, -0.05) is 13.3 Å². The highest BCUT2D eigenvalue weighted by Crippen LogP contribution is 2.05. The van der Waals surface area contributed by atoms with Crippen molar-refractivity contribution in [3.8, 4) is 0 Å². The van der Waals surface area contributed by atoms with Gasteiger partial charge in [-0.2, -0.15) is 0 Å². The zero-order valence-electron chi connectivity index (χ0n) is 10.1. The zero-order chi connectivity index (χ0) is 12.4. The molecule has 3 N–H and O–H groups in total. The molecule has 5 nitrogen and oxygen atoms in total. The van der Waals surface area contributed by atoms with Gasteiger partial charge >= 0.3 is 0 Å². The highest BCUT2D eigenvalue weighted by Gasteiger charge is 2.07. The van der Waals surface area contributed by atoms with Crippen molar-refractivity contribution in [2.75, 3.05) is 19.7 Å². The average molecular weight is 230 g/mol. The first kappa shape index (κ1) is 14.9. The number of amides is 2. The third-order valence-electron chi connectivity index (χ3n) is 2.43. The Morgan fingerprint density at radius 1 is 1.31 bits per heavy atom. The van der Waals surface area contributed by atoms with E-state index in [0.29, 0.717) is 31.8 Å². The Morgan fingerprint density at radius 2 is 2.00 bits per heavy atom. The summed E-state index contributed by atoms with van der Waals surface area (Å²) in [6.07, 6.45) is 1.95. The number of aliphatic hydroxyl groups excluding tert-OH is 1. The van der Waals surface area contributed by atoms with Crippen molar-refractivity contribution in [3.63, 3.8) is 0 Å². The Balaban J connectivity index is 3.58. The molecule has 0 aliphatic heterocycles. The lowest BCUT2D eigenvalue weighted by Gasteiger charge is -2.14. The summed E-state index contributed by atoms with van der Waals surface area (Å²) in [6, 6.07) is 0. The largest absolute Gasteiger partial charge is 0.396 e. The van der Waals surface area contributed by atoms with Crippen molar-refractivity contribution >= 4 is 11.8 Å². The monoisotopic (exact) mass is 230 g/mol. The van der Waals surface area contributed by atoms with Crippen molar-refractivity contribution in [2.45, 2.75) is 33.1 Å². The van der Waals surface area contributed by atoms with Crippen LogP contribution in [0.25, 0.3) is 0 Å². The zero-order valence-corrected chi connectivity index (χ0v) is 10.1. The van der Waals surface area contributed by atoms with Crippen molar-refractivity contribution in [1.82, 2.24) is 10.6 Å². The maximum Gasteiger partial charge on any atom is 0.221 e. The van der Waals surface area contributed by atoms with E-state index >= 15 is 0 Å². The van der Waals surface area contributed by atoms with Crippen LogP contribution < -0.4 is 10.6 Å². The third kappa shape index (κ3) is 8.23. The SMILES string of the molecule is CCC(CCO)CNC(=O)CCNC(C)=O. The highest BCUT2D eigenvalue weighted by molar-refractivity contribution is 5.77. The molecule has 5 heteroatoms. The first-order chi connectivity index (χ1) is 7.60. The number of carbonyl (C=O) groups excluding carboxylic acids is 2. The van der Waals surface area contributed by atoms with Gasteiger partial charge in [0.05, 0.1) is 0 Å². The Hall–Kier alpha value is -1.10. The molecule has 0 bridgehead atoms. The summed E-state index contributed by atoms with van der Waals surface area (Å²) < 4.78 is 0. The second-order valence-electron chi connectivity index (χ2n) is 3.82.